The molecule has 3 aromatic heterocycles. The number of rotatable bonds is 5. The highest BCUT2D eigenvalue weighted by molar-refractivity contribution is 7.15. The van der Waals surface area contributed by atoms with Crippen molar-refractivity contribution in [1.82, 2.24) is 19.7 Å². The van der Waals surface area contributed by atoms with Gasteiger partial charge in [0.1, 0.15) is 0 Å². The molecule has 3 rings (SSSR count). The summed E-state index contributed by atoms with van der Waals surface area (Å²) in [5.74, 6) is 0. The smallest absolute Gasteiger partial charge is 0.193 e. The lowest BCUT2D eigenvalue weighted by Gasteiger charge is -2.14. The summed E-state index contributed by atoms with van der Waals surface area (Å²) in [6, 6.07) is 4.53. The first-order valence-corrected chi connectivity index (χ1v) is 7.20. The Hall–Kier alpha value is -1.72. The van der Waals surface area contributed by atoms with Crippen molar-refractivity contribution in [3.63, 3.8) is 0 Å². The SMILES string of the molecule is CNC(Cc1ccncc1)Cc1cn2ccsc2n1. The van der Waals surface area contributed by atoms with Crippen molar-refractivity contribution in [2.45, 2.75) is 18.9 Å². The summed E-state index contributed by atoms with van der Waals surface area (Å²) >= 11 is 1.67. The molecular weight excluding hydrogens is 256 g/mol. The van der Waals surface area contributed by atoms with Gasteiger partial charge in [-0.2, -0.15) is 0 Å². The predicted octanol–water partition coefficient (Wildman–Crippen LogP) is 2.16. The zero-order valence-corrected chi connectivity index (χ0v) is 11.6. The molecule has 3 aromatic rings. The van der Waals surface area contributed by atoms with E-state index >= 15 is 0 Å². The van der Waals surface area contributed by atoms with Gasteiger partial charge in [-0.05, 0) is 31.2 Å². The summed E-state index contributed by atoms with van der Waals surface area (Å²) < 4.78 is 2.08. The molecule has 0 saturated heterocycles. The molecule has 0 saturated carbocycles. The van der Waals surface area contributed by atoms with Crippen LogP contribution in [0.25, 0.3) is 4.96 Å². The average Bonchev–Trinajstić information content (AvgIpc) is 3.00. The molecule has 1 N–H and O–H groups in total. The molecular formula is C14H16N4S. The zero-order valence-electron chi connectivity index (χ0n) is 10.8. The molecule has 0 aliphatic carbocycles. The summed E-state index contributed by atoms with van der Waals surface area (Å²) in [7, 11) is 2.00. The van der Waals surface area contributed by atoms with Crippen molar-refractivity contribution in [3.8, 4) is 0 Å². The van der Waals surface area contributed by atoms with E-state index in [9.17, 15) is 0 Å². The third kappa shape index (κ3) is 2.83. The van der Waals surface area contributed by atoms with Crippen LogP contribution in [0.1, 0.15) is 11.3 Å². The maximum absolute atomic E-state index is 4.63. The molecule has 5 heteroatoms. The van der Waals surface area contributed by atoms with Crippen LogP contribution in [0.5, 0.6) is 0 Å². The van der Waals surface area contributed by atoms with Gasteiger partial charge in [0.05, 0.1) is 5.69 Å². The summed E-state index contributed by atoms with van der Waals surface area (Å²) in [6.45, 7) is 0. The van der Waals surface area contributed by atoms with Gasteiger partial charge in [-0.1, -0.05) is 0 Å². The Labute approximate surface area is 116 Å². The minimum Gasteiger partial charge on any atom is -0.316 e. The van der Waals surface area contributed by atoms with Gasteiger partial charge in [0.25, 0.3) is 0 Å². The molecule has 0 aromatic carbocycles. The number of imidazole rings is 1. The molecule has 19 heavy (non-hydrogen) atoms. The van der Waals surface area contributed by atoms with Crippen molar-refractivity contribution in [1.29, 1.82) is 0 Å². The van der Waals surface area contributed by atoms with Gasteiger partial charge in [-0.25, -0.2) is 4.98 Å². The molecule has 98 valence electrons. The standard InChI is InChI=1S/C14H16N4S/c1-15-12(8-11-2-4-16-5-3-11)9-13-10-18-6-7-19-14(18)17-13/h2-7,10,12,15H,8-9H2,1H3. The van der Waals surface area contributed by atoms with Crippen molar-refractivity contribution >= 4 is 16.3 Å². The predicted molar refractivity (Wildman–Crippen MR) is 77.6 cm³/mol. The van der Waals surface area contributed by atoms with E-state index in [0.29, 0.717) is 6.04 Å². The van der Waals surface area contributed by atoms with Gasteiger partial charge in [-0.3, -0.25) is 9.38 Å². The van der Waals surface area contributed by atoms with Gasteiger partial charge in [0.2, 0.25) is 0 Å². The largest absolute Gasteiger partial charge is 0.316 e. The number of aromatic nitrogens is 3. The van der Waals surface area contributed by atoms with Crippen LogP contribution in [0.15, 0.2) is 42.3 Å². The number of fused-ring (bicyclic) bond motifs is 1. The number of pyridine rings is 1. The van der Waals surface area contributed by atoms with Gasteiger partial charge >= 0.3 is 0 Å². The second-order valence-corrected chi connectivity index (χ2v) is 5.45. The van der Waals surface area contributed by atoms with Gasteiger partial charge in [-0.15, -0.1) is 11.3 Å². The number of hydrogen-bond acceptors (Lipinski definition) is 4. The minimum absolute atomic E-state index is 0.395. The molecule has 3 heterocycles. The van der Waals surface area contributed by atoms with E-state index in [1.807, 2.05) is 25.6 Å². The first-order chi connectivity index (χ1) is 9.35. The molecule has 4 nitrogen and oxygen atoms in total. The van der Waals surface area contributed by atoms with Gasteiger partial charge in [0.15, 0.2) is 4.96 Å². The molecule has 1 atom stereocenters. The van der Waals surface area contributed by atoms with E-state index in [1.54, 1.807) is 11.3 Å². The third-order valence-corrected chi connectivity index (χ3v) is 4.01. The lowest BCUT2D eigenvalue weighted by Crippen LogP contribution is -2.30. The molecule has 0 bridgehead atoms. The van der Waals surface area contributed by atoms with E-state index < -0.39 is 0 Å². The van der Waals surface area contributed by atoms with Crippen LogP contribution in [-0.4, -0.2) is 27.5 Å². The number of nitrogens with one attached hydrogen (secondary N) is 1. The van der Waals surface area contributed by atoms with Crippen molar-refractivity contribution in [2.24, 2.45) is 0 Å². The van der Waals surface area contributed by atoms with E-state index in [2.05, 4.69) is 43.4 Å². The number of likely N-dealkylation sites (N-methyl/N-ethyl adjacent to an activating group) is 1. The van der Waals surface area contributed by atoms with E-state index in [1.165, 1.54) is 5.56 Å². The molecule has 0 fully saturated rings. The first-order valence-electron chi connectivity index (χ1n) is 6.32. The Morgan fingerprint density at radius 2 is 2.16 bits per heavy atom. The fourth-order valence-corrected chi connectivity index (χ4v) is 2.93. The van der Waals surface area contributed by atoms with Crippen LogP contribution >= 0.6 is 11.3 Å². The maximum Gasteiger partial charge on any atom is 0.193 e. The Morgan fingerprint density at radius 1 is 1.32 bits per heavy atom. The zero-order chi connectivity index (χ0) is 13.1. The van der Waals surface area contributed by atoms with Crippen LogP contribution in [0.2, 0.25) is 0 Å². The molecule has 0 radical (unpaired) electrons. The highest BCUT2D eigenvalue weighted by Gasteiger charge is 2.11. The van der Waals surface area contributed by atoms with Crippen molar-refractivity contribution in [2.75, 3.05) is 7.05 Å². The fourth-order valence-electron chi connectivity index (χ4n) is 2.21. The normalized spacial score (nSPS) is 12.9. The quantitative estimate of drug-likeness (QED) is 0.774. The summed E-state index contributed by atoms with van der Waals surface area (Å²) in [6.07, 6.45) is 9.77. The molecule has 0 spiro atoms. The number of thiazole rings is 1. The van der Waals surface area contributed by atoms with Crippen LogP contribution in [0.3, 0.4) is 0 Å². The maximum atomic E-state index is 4.63. The molecule has 0 aliphatic rings. The number of nitrogens with zero attached hydrogens (tertiary/aromatic N) is 3. The molecule has 0 aliphatic heterocycles. The number of hydrogen-bond donors (Lipinski definition) is 1. The van der Waals surface area contributed by atoms with E-state index in [0.717, 1.165) is 23.5 Å². The lowest BCUT2D eigenvalue weighted by molar-refractivity contribution is 0.551. The van der Waals surface area contributed by atoms with Crippen LogP contribution in [-0.2, 0) is 12.8 Å². The third-order valence-electron chi connectivity index (χ3n) is 3.24. The topological polar surface area (TPSA) is 42.2 Å². The van der Waals surface area contributed by atoms with Crippen LogP contribution in [0, 0.1) is 0 Å². The average molecular weight is 272 g/mol. The van der Waals surface area contributed by atoms with Crippen molar-refractivity contribution in [3.05, 3.63) is 53.6 Å². The Bertz CT molecular complexity index is 615. The Morgan fingerprint density at radius 3 is 2.89 bits per heavy atom. The van der Waals surface area contributed by atoms with Crippen LogP contribution in [0.4, 0.5) is 0 Å². The summed E-state index contributed by atoms with van der Waals surface area (Å²) in [5, 5.41) is 5.42. The van der Waals surface area contributed by atoms with E-state index in [4.69, 9.17) is 0 Å². The minimum atomic E-state index is 0.395. The van der Waals surface area contributed by atoms with Crippen molar-refractivity contribution < 1.29 is 0 Å². The second kappa shape index (κ2) is 5.50. The van der Waals surface area contributed by atoms with Crippen LogP contribution < -0.4 is 5.32 Å². The molecule has 0 amide bonds. The highest BCUT2D eigenvalue weighted by Crippen LogP contribution is 2.13. The lowest BCUT2D eigenvalue weighted by atomic mass is 10.0. The Balaban J connectivity index is 1.71. The highest BCUT2D eigenvalue weighted by atomic mass is 32.1. The fraction of sp³-hybridized carbons (Fsp3) is 0.286. The summed E-state index contributed by atoms with van der Waals surface area (Å²) in [4.78, 5) is 9.74. The Kier molecular flexibility index (Phi) is 3.57. The second-order valence-electron chi connectivity index (χ2n) is 4.57. The van der Waals surface area contributed by atoms with E-state index in [-0.39, 0.29) is 0 Å². The van der Waals surface area contributed by atoms with Gasteiger partial charge in [0, 0.05) is 42.6 Å². The summed E-state index contributed by atoms with van der Waals surface area (Å²) in [5.41, 5.74) is 2.44. The first kappa shape index (κ1) is 12.3. The van der Waals surface area contributed by atoms with Gasteiger partial charge < -0.3 is 5.32 Å². The molecule has 1 unspecified atom stereocenters. The monoisotopic (exact) mass is 272 g/mol.